The molecule has 1 aliphatic rings. The van der Waals surface area contributed by atoms with E-state index in [2.05, 4.69) is 15.3 Å². The maximum absolute atomic E-state index is 13.8. The number of H-pyrrole nitrogens is 1. The van der Waals surface area contributed by atoms with E-state index in [-0.39, 0.29) is 31.1 Å². The molecule has 0 aliphatic carbocycles. The number of aromatic nitrogens is 4. The highest BCUT2D eigenvalue weighted by Gasteiger charge is 2.33. The van der Waals surface area contributed by atoms with Gasteiger partial charge >= 0.3 is 0 Å². The number of carbonyl (C=O) groups is 1. The topological polar surface area (TPSA) is 123 Å². The number of ether oxygens (including phenoxy) is 2. The molecule has 0 radical (unpaired) electrons. The van der Waals surface area contributed by atoms with Gasteiger partial charge in [-0.15, -0.1) is 0 Å². The lowest BCUT2D eigenvalue weighted by molar-refractivity contribution is -0.150. The van der Waals surface area contributed by atoms with Crippen molar-refractivity contribution in [2.75, 3.05) is 0 Å². The Kier molecular flexibility index (Phi) is 7.95. The first-order valence-corrected chi connectivity index (χ1v) is 14.2. The Bertz CT molecular complexity index is 1800. The van der Waals surface area contributed by atoms with Gasteiger partial charge < -0.3 is 24.9 Å². The molecule has 43 heavy (non-hydrogen) atoms. The number of amides is 1. The van der Waals surface area contributed by atoms with Gasteiger partial charge in [0.1, 0.15) is 5.82 Å². The van der Waals surface area contributed by atoms with Crippen LogP contribution in [0.4, 0.5) is 0 Å². The maximum atomic E-state index is 13.8. The van der Waals surface area contributed by atoms with Crippen molar-refractivity contribution < 1.29 is 19.4 Å². The molecule has 0 bridgehead atoms. The minimum Gasteiger partial charge on any atom is -0.459 e. The predicted molar refractivity (Wildman–Crippen MR) is 161 cm³/mol. The molecule has 0 saturated carbocycles. The first kappa shape index (κ1) is 28.2. The molecule has 6 rings (SSSR count). The van der Waals surface area contributed by atoms with Gasteiger partial charge in [0, 0.05) is 30.6 Å². The average molecular weight is 580 g/mol. The Hall–Kier alpha value is -4.93. The minimum atomic E-state index is -0.774. The Labute approximate surface area is 248 Å². The molecule has 3 N–H and O–H groups in total. The van der Waals surface area contributed by atoms with Crippen LogP contribution in [0.3, 0.4) is 0 Å². The average Bonchev–Trinajstić information content (AvgIpc) is 3.56. The Morgan fingerprint density at radius 3 is 2.53 bits per heavy atom. The van der Waals surface area contributed by atoms with Gasteiger partial charge in [-0.3, -0.25) is 14.3 Å². The first-order chi connectivity index (χ1) is 20.9. The molecule has 3 heterocycles. The van der Waals surface area contributed by atoms with Crippen LogP contribution in [0.5, 0.6) is 0 Å². The second-order valence-corrected chi connectivity index (χ2v) is 10.6. The van der Waals surface area contributed by atoms with Crippen molar-refractivity contribution in [3.05, 3.63) is 129 Å². The number of fused-ring (bicyclic) bond motifs is 1. The van der Waals surface area contributed by atoms with Gasteiger partial charge in [0.25, 0.3) is 11.5 Å². The predicted octanol–water partition coefficient (Wildman–Crippen LogP) is 4.10. The Balaban J connectivity index is 1.27. The van der Waals surface area contributed by atoms with Gasteiger partial charge in [-0.1, -0.05) is 54.6 Å². The summed E-state index contributed by atoms with van der Waals surface area (Å²) in [4.78, 5) is 35.0. The van der Waals surface area contributed by atoms with Gasteiger partial charge in [0.2, 0.25) is 6.29 Å². The van der Waals surface area contributed by atoms with Crippen LogP contribution in [0, 0.1) is 6.92 Å². The number of hydrogen-bond acceptors (Lipinski definition) is 6. The third kappa shape index (κ3) is 5.88. The summed E-state index contributed by atoms with van der Waals surface area (Å²) in [6, 6.07) is 24.5. The lowest BCUT2D eigenvalue weighted by atomic mass is 9.93. The summed E-state index contributed by atoms with van der Waals surface area (Å²) in [5.41, 5.74) is 5.36. The fourth-order valence-corrected chi connectivity index (χ4v) is 5.41. The van der Waals surface area contributed by atoms with Crippen LogP contribution in [-0.2, 0) is 41.1 Å². The number of nitrogens with one attached hydrogen (secondary N) is 2. The number of hydrogen-bond donors (Lipinski definition) is 3. The molecule has 10 nitrogen and oxygen atoms in total. The first-order valence-electron chi connectivity index (χ1n) is 14.2. The summed E-state index contributed by atoms with van der Waals surface area (Å²) < 4.78 is 15.7. The van der Waals surface area contributed by atoms with Crippen molar-refractivity contribution in [2.45, 2.75) is 45.3 Å². The number of rotatable bonds is 9. The van der Waals surface area contributed by atoms with Crippen molar-refractivity contribution in [2.24, 2.45) is 7.05 Å². The van der Waals surface area contributed by atoms with E-state index in [0.717, 1.165) is 33.5 Å². The second kappa shape index (κ2) is 12.1. The van der Waals surface area contributed by atoms with E-state index in [1.807, 2.05) is 97.5 Å². The molecule has 2 atom stereocenters. The van der Waals surface area contributed by atoms with E-state index in [1.54, 1.807) is 10.8 Å². The fourth-order valence-electron chi connectivity index (χ4n) is 5.41. The number of aromatic amines is 1. The molecule has 2 aromatic heterocycles. The van der Waals surface area contributed by atoms with Gasteiger partial charge in [-0.25, -0.2) is 9.67 Å². The number of carbonyl (C=O) groups excluding carboxylic acids is 1. The third-order valence-corrected chi connectivity index (χ3v) is 7.75. The molecule has 1 amide bonds. The lowest BCUT2D eigenvalue weighted by Crippen LogP contribution is -2.34. The molecule has 0 fully saturated rings. The SMILES string of the molecule is Cc1c(C2C=C(C(=O)NCc3nc4ccccc4[nH]3)OC(OCc3ccc(CO)cc3)C2)c(=O)n(-c2ccccc2)n1C. The van der Waals surface area contributed by atoms with Crippen LogP contribution in [-0.4, -0.2) is 36.6 Å². The lowest BCUT2D eigenvalue weighted by Gasteiger charge is -2.29. The van der Waals surface area contributed by atoms with Gasteiger partial charge in [-0.2, -0.15) is 0 Å². The summed E-state index contributed by atoms with van der Waals surface area (Å²) >= 11 is 0. The zero-order valence-electron chi connectivity index (χ0n) is 24.0. The largest absolute Gasteiger partial charge is 0.459 e. The van der Waals surface area contributed by atoms with E-state index in [4.69, 9.17) is 9.47 Å². The number of nitrogens with zero attached hydrogens (tertiary/aromatic N) is 3. The van der Waals surface area contributed by atoms with Crippen molar-refractivity contribution in [1.82, 2.24) is 24.6 Å². The molecular weight excluding hydrogens is 546 g/mol. The summed E-state index contributed by atoms with van der Waals surface area (Å²) in [6.07, 6.45) is 1.29. The standard InChI is InChI=1S/C33H33N5O5/c1-21-31(33(41)38(37(21)2)25-8-4-3-5-9-25)24-16-28(32(40)34-18-29-35-26-10-6-7-11-27(26)36-29)43-30(17-24)42-20-23-14-12-22(19-39)13-15-23/h3-16,24,30,39H,17-20H2,1-2H3,(H,34,40)(H,35,36). The summed E-state index contributed by atoms with van der Waals surface area (Å²) in [5, 5.41) is 12.2. The molecule has 10 heteroatoms. The van der Waals surface area contributed by atoms with Crippen molar-refractivity contribution >= 4 is 16.9 Å². The van der Waals surface area contributed by atoms with Crippen molar-refractivity contribution in [3.63, 3.8) is 0 Å². The molecule has 0 saturated heterocycles. The smallest absolute Gasteiger partial charge is 0.286 e. The van der Waals surface area contributed by atoms with E-state index in [0.29, 0.717) is 17.8 Å². The Morgan fingerprint density at radius 1 is 1.07 bits per heavy atom. The number of para-hydroxylation sites is 3. The molecule has 3 aromatic carbocycles. The highest BCUT2D eigenvalue weighted by atomic mass is 16.7. The normalized spacial score (nSPS) is 16.6. The zero-order chi connectivity index (χ0) is 29.9. The highest BCUT2D eigenvalue weighted by molar-refractivity contribution is 5.91. The molecule has 5 aromatic rings. The van der Waals surface area contributed by atoms with E-state index >= 15 is 0 Å². The molecule has 1 aliphatic heterocycles. The molecule has 0 spiro atoms. The highest BCUT2D eigenvalue weighted by Crippen LogP contribution is 2.32. The van der Waals surface area contributed by atoms with Crippen molar-refractivity contribution in [1.29, 1.82) is 0 Å². The van der Waals surface area contributed by atoms with Crippen LogP contribution in [0.1, 0.15) is 40.5 Å². The third-order valence-electron chi connectivity index (χ3n) is 7.75. The number of imidazole rings is 1. The summed E-state index contributed by atoms with van der Waals surface area (Å²) in [6.45, 7) is 2.27. The van der Waals surface area contributed by atoms with E-state index in [9.17, 15) is 14.7 Å². The van der Waals surface area contributed by atoms with Gasteiger partial charge in [0.05, 0.1) is 36.5 Å². The maximum Gasteiger partial charge on any atom is 0.286 e. The van der Waals surface area contributed by atoms with Crippen LogP contribution in [0.25, 0.3) is 16.7 Å². The fraction of sp³-hybridized carbons (Fsp3) is 0.242. The van der Waals surface area contributed by atoms with Crippen LogP contribution < -0.4 is 10.9 Å². The quantitative estimate of drug-likeness (QED) is 0.242. The number of aliphatic hydroxyl groups is 1. The summed E-state index contributed by atoms with van der Waals surface area (Å²) in [7, 11) is 1.85. The van der Waals surface area contributed by atoms with Crippen LogP contribution >= 0.6 is 0 Å². The number of aliphatic hydroxyl groups excluding tert-OH is 1. The second-order valence-electron chi connectivity index (χ2n) is 10.6. The van der Waals surface area contributed by atoms with Crippen LogP contribution in [0.2, 0.25) is 0 Å². The van der Waals surface area contributed by atoms with E-state index < -0.39 is 18.1 Å². The van der Waals surface area contributed by atoms with Crippen molar-refractivity contribution in [3.8, 4) is 5.69 Å². The van der Waals surface area contributed by atoms with Gasteiger partial charge in [-0.05, 0) is 48.4 Å². The zero-order valence-corrected chi connectivity index (χ0v) is 24.0. The Morgan fingerprint density at radius 2 is 1.79 bits per heavy atom. The monoisotopic (exact) mass is 579 g/mol. The number of allylic oxidation sites excluding steroid dienone is 1. The molecular formula is C33H33N5O5. The van der Waals surface area contributed by atoms with E-state index in [1.165, 1.54) is 0 Å². The van der Waals surface area contributed by atoms with Gasteiger partial charge in [0.15, 0.2) is 5.76 Å². The van der Waals surface area contributed by atoms with Crippen LogP contribution in [0.15, 0.2) is 95.5 Å². The number of benzene rings is 3. The summed E-state index contributed by atoms with van der Waals surface area (Å²) in [5.74, 6) is -0.151. The molecule has 2 unspecified atom stereocenters. The molecule has 220 valence electrons. The minimum absolute atomic E-state index is 0.0389.